The average molecular weight is 400 g/mol. The molecule has 0 saturated carbocycles. The lowest BCUT2D eigenvalue weighted by molar-refractivity contribution is -0.132. The molecular weight excluding hydrogens is 380 g/mol. The lowest BCUT2D eigenvalue weighted by Gasteiger charge is -2.05. The summed E-state index contributed by atoms with van der Waals surface area (Å²) in [5.41, 5.74) is 3.54. The van der Waals surface area contributed by atoms with E-state index in [4.69, 9.17) is 4.74 Å². The summed E-state index contributed by atoms with van der Waals surface area (Å²) in [7, 11) is 0. The van der Waals surface area contributed by atoms with E-state index < -0.39 is 5.97 Å². The zero-order valence-corrected chi connectivity index (χ0v) is 16.6. The van der Waals surface area contributed by atoms with Crippen LogP contribution in [0.4, 0.5) is 0 Å². The van der Waals surface area contributed by atoms with Crippen LogP contribution in [-0.2, 0) is 20.9 Å². The number of nitrogens with one attached hydrogen (secondary N) is 1. The largest absolute Gasteiger partial charge is 0.405 e. The van der Waals surface area contributed by atoms with Crippen LogP contribution in [0.5, 0.6) is 0 Å². The number of aromatic nitrogens is 1. The summed E-state index contributed by atoms with van der Waals surface area (Å²) in [6, 6.07) is 18.2. The van der Waals surface area contributed by atoms with Crippen molar-refractivity contribution in [1.29, 1.82) is 0 Å². The number of hydrogen-bond donors (Lipinski definition) is 1. The van der Waals surface area contributed by atoms with E-state index in [1.807, 2.05) is 42.6 Å². The van der Waals surface area contributed by atoms with Gasteiger partial charge in [0.05, 0.1) is 0 Å². The fourth-order valence-electron chi connectivity index (χ4n) is 3.31. The number of amides is 1. The van der Waals surface area contributed by atoms with E-state index in [1.54, 1.807) is 6.08 Å². The van der Waals surface area contributed by atoms with Gasteiger partial charge in [-0.25, -0.2) is 4.99 Å². The molecule has 0 unspecified atom stereocenters. The molecule has 1 aliphatic rings. The number of carbonyl (C=O) groups excluding carboxylic acids is 2. The van der Waals surface area contributed by atoms with Crippen molar-refractivity contribution in [3.63, 3.8) is 0 Å². The quantitative estimate of drug-likeness (QED) is 0.683. The van der Waals surface area contributed by atoms with Crippen LogP contribution in [0.2, 0.25) is 0 Å². The van der Waals surface area contributed by atoms with Gasteiger partial charge in [-0.3, -0.25) is 14.9 Å². The lowest BCUT2D eigenvalue weighted by atomic mass is 10.1. The van der Waals surface area contributed by atoms with Crippen molar-refractivity contribution in [2.75, 3.05) is 0 Å². The number of carbonyl (C=O) groups is 2. The predicted octanol–water partition coefficient (Wildman–Crippen LogP) is 3.50. The van der Waals surface area contributed by atoms with Crippen LogP contribution in [0, 0.1) is 0 Å². The summed E-state index contributed by atoms with van der Waals surface area (Å²) < 4.78 is 7.35. The fourth-order valence-corrected chi connectivity index (χ4v) is 3.31. The number of rotatable bonds is 3. The third-order valence-electron chi connectivity index (χ3n) is 4.49. The van der Waals surface area contributed by atoms with Crippen LogP contribution < -0.4 is 5.32 Å². The molecule has 7 nitrogen and oxygen atoms in total. The van der Waals surface area contributed by atoms with Gasteiger partial charge in [-0.2, -0.15) is 4.99 Å². The highest BCUT2D eigenvalue weighted by atomic mass is 16.5. The smallest absolute Gasteiger partial charge is 0.309 e. The van der Waals surface area contributed by atoms with Crippen molar-refractivity contribution in [3.05, 3.63) is 77.6 Å². The minimum atomic E-state index is -0.509. The van der Waals surface area contributed by atoms with Crippen LogP contribution in [-0.4, -0.2) is 28.3 Å². The van der Waals surface area contributed by atoms with E-state index in [2.05, 4.69) is 38.1 Å². The van der Waals surface area contributed by atoms with Crippen LogP contribution in [0.3, 0.4) is 0 Å². The molecule has 1 aromatic heterocycles. The van der Waals surface area contributed by atoms with Gasteiger partial charge in [0.1, 0.15) is 5.70 Å². The molecule has 1 aliphatic heterocycles. The first-order valence-electron chi connectivity index (χ1n) is 9.47. The van der Waals surface area contributed by atoms with Gasteiger partial charge in [-0.1, -0.05) is 48.5 Å². The minimum absolute atomic E-state index is 0.0612. The summed E-state index contributed by atoms with van der Waals surface area (Å²) in [5, 5.41) is 3.56. The molecule has 0 aliphatic carbocycles. The second-order valence-electron chi connectivity index (χ2n) is 6.87. The number of aliphatic imine (C=N–C) groups is 2. The summed E-state index contributed by atoms with van der Waals surface area (Å²) in [6.07, 6.45) is 3.84. The van der Waals surface area contributed by atoms with E-state index in [0.717, 1.165) is 23.0 Å². The molecule has 3 aromatic rings. The normalized spacial score (nSPS) is 14.5. The SMILES string of the molecule is CC(=O)NC1=N/C(=C/c2cn(Cc3ccccc3)c3ccccc23)C(OC(C)=O)=N1. The number of fused-ring (bicyclic) bond motifs is 1. The third-order valence-corrected chi connectivity index (χ3v) is 4.49. The highest BCUT2D eigenvalue weighted by Crippen LogP contribution is 2.26. The van der Waals surface area contributed by atoms with Crippen molar-refractivity contribution in [1.82, 2.24) is 9.88 Å². The average Bonchev–Trinajstić information content (AvgIpc) is 3.23. The standard InChI is InChI=1S/C23H20N4O3/c1-15(28)24-23-25-20(22(26-23)30-16(2)29)12-18-14-27(13-17-8-4-3-5-9-17)21-11-7-6-10-19(18)21/h3-12,14H,13H2,1-2H3,(H,24,25,28)/b20-12+. The molecule has 0 saturated heterocycles. The van der Waals surface area contributed by atoms with Crippen molar-refractivity contribution in [2.45, 2.75) is 20.4 Å². The maximum Gasteiger partial charge on any atom is 0.309 e. The first-order valence-corrected chi connectivity index (χ1v) is 9.47. The summed E-state index contributed by atoms with van der Waals surface area (Å²) in [5.74, 6) is -0.657. The molecule has 0 atom stereocenters. The predicted molar refractivity (Wildman–Crippen MR) is 116 cm³/mol. The molecule has 2 heterocycles. The van der Waals surface area contributed by atoms with Crippen molar-refractivity contribution in [2.24, 2.45) is 9.98 Å². The number of nitrogens with zero attached hydrogens (tertiary/aromatic N) is 3. The first-order chi connectivity index (χ1) is 14.5. The summed E-state index contributed by atoms with van der Waals surface area (Å²) in [4.78, 5) is 31.3. The number of ether oxygens (including phenoxy) is 1. The molecule has 2 aromatic carbocycles. The highest BCUT2D eigenvalue weighted by molar-refractivity contribution is 6.16. The number of guanidine groups is 1. The van der Waals surface area contributed by atoms with E-state index in [0.29, 0.717) is 5.70 Å². The molecule has 30 heavy (non-hydrogen) atoms. The summed E-state index contributed by atoms with van der Waals surface area (Å²) in [6.45, 7) is 3.38. The Balaban J connectivity index is 1.76. The lowest BCUT2D eigenvalue weighted by Crippen LogP contribution is -2.25. The monoisotopic (exact) mass is 400 g/mol. The Kier molecular flexibility index (Phi) is 5.26. The van der Waals surface area contributed by atoms with Gasteiger partial charge in [-0.05, 0) is 17.7 Å². The maximum absolute atomic E-state index is 11.5. The molecule has 1 N–H and O–H groups in total. The van der Waals surface area contributed by atoms with Crippen LogP contribution >= 0.6 is 0 Å². The molecule has 0 fully saturated rings. The Morgan fingerprint density at radius 1 is 1.03 bits per heavy atom. The molecule has 4 rings (SSSR count). The number of benzene rings is 2. The van der Waals surface area contributed by atoms with Crippen LogP contribution in [0.25, 0.3) is 17.0 Å². The molecule has 0 spiro atoms. The molecular formula is C23H20N4O3. The van der Waals surface area contributed by atoms with E-state index in [1.165, 1.54) is 19.4 Å². The second-order valence-corrected chi connectivity index (χ2v) is 6.87. The van der Waals surface area contributed by atoms with E-state index in [9.17, 15) is 9.59 Å². The van der Waals surface area contributed by atoms with Gasteiger partial charge in [0.15, 0.2) is 0 Å². The minimum Gasteiger partial charge on any atom is -0.405 e. The zero-order valence-electron chi connectivity index (χ0n) is 16.6. The fraction of sp³-hybridized carbons (Fsp3) is 0.130. The molecule has 1 amide bonds. The molecule has 0 radical (unpaired) electrons. The highest BCUT2D eigenvalue weighted by Gasteiger charge is 2.21. The number of hydrogen-bond acceptors (Lipinski definition) is 5. The van der Waals surface area contributed by atoms with E-state index >= 15 is 0 Å². The van der Waals surface area contributed by atoms with Crippen LogP contribution in [0.15, 0.2) is 76.5 Å². The van der Waals surface area contributed by atoms with Crippen molar-refractivity contribution < 1.29 is 14.3 Å². The van der Waals surface area contributed by atoms with Gasteiger partial charge >= 0.3 is 5.97 Å². The molecule has 0 bridgehead atoms. The van der Waals surface area contributed by atoms with Crippen molar-refractivity contribution in [3.8, 4) is 0 Å². The Morgan fingerprint density at radius 2 is 1.77 bits per heavy atom. The second kappa shape index (κ2) is 8.16. The van der Waals surface area contributed by atoms with Gasteiger partial charge in [0, 0.05) is 43.1 Å². The Morgan fingerprint density at radius 3 is 2.50 bits per heavy atom. The van der Waals surface area contributed by atoms with Gasteiger partial charge in [-0.15, -0.1) is 0 Å². The number of esters is 1. The summed E-state index contributed by atoms with van der Waals surface area (Å²) >= 11 is 0. The Bertz CT molecular complexity index is 1220. The van der Waals surface area contributed by atoms with Crippen LogP contribution in [0.1, 0.15) is 25.0 Å². The maximum atomic E-state index is 11.5. The number of para-hydroxylation sites is 1. The van der Waals surface area contributed by atoms with Gasteiger partial charge < -0.3 is 9.30 Å². The zero-order chi connectivity index (χ0) is 21.1. The van der Waals surface area contributed by atoms with E-state index in [-0.39, 0.29) is 17.8 Å². The first kappa shape index (κ1) is 19.3. The third kappa shape index (κ3) is 4.20. The topological polar surface area (TPSA) is 85.0 Å². The molecule has 7 heteroatoms. The molecule has 150 valence electrons. The van der Waals surface area contributed by atoms with Gasteiger partial charge in [0.2, 0.25) is 11.9 Å². The van der Waals surface area contributed by atoms with Crippen molar-refractivity contribution >= 4 is 40.7 Å². The Hall–Kier alpha value is -4.00. The Labute approximate surface area is 173 Å². The van der Waals surface area contributed by atoms with Gasteiger partial charge in [0.25, 0.3) is 5.90 Å².